The highest BCUT2D eigenvalue weighted by Crippen LogP contribution is 2.41. The normalized spacial score (nSPS) is 17.3. The van der Waals surface area contributed by atoms with Crippen LogP contribution in [0.15, 0.2) is 41.3 Å². The molecule has 2 aromatic carbocycles. The van der Waals surface area contributed by atoms with E-state index in [1.807, 2.05) is 0 Å². The van der Waals surface area contributed by atoms with Gasteiger partial charge in [-0.2, -0.15) is 0 Å². The SMILES string of the molecule is COc1cc2c(cc1/C=C1/SC(=O)N(c3ccc(Cl)cc3)C1=O)OCO2. The van der Waals surface area contributed by atoms with Crippen molar-refractivity contribution in [1.82, 2.24) is 0 Å². The Labute approximate surface area is 158 Å². The molecule has 2 heterocycles. The molecule has 0 atom stereocenters. The first-order chi connectivity index (χ1) is 12.6. The lowest BCUT2D eigenvalue weighted by Crippen LogP contribution is -2.27. The Morgan fingerprint density at radius 1 is 1.15 bits per heavy atom. The van der Waals surface area contributed by atoms with E-state index >= 15 is 0 Å². The number of benzene rings is 2. The van der Waals surface area contributed by atoms with Crippen molar-refractivity contribution in [3.63, 3.8) is 0 Å². The average molecular weight is 390 g/mol. The minimum atomic E-state index is -0.401. The Morgan fingerprint density at radius 3 is 2.54 bits per heavy atom. The van der Waals surface area contributed by atoms with E-state index < -0.39 is 5.91 Å². The molecule has 0 N–H and O–H groups in total. The summed E-state index contributed by atoms with van der Waals surface area (Å²) in [6.07, 6.45) is 1.61. The van der Waals surface area contributed by atoms with Gasteiger partial charge in [0.15, 0.2) is 11.5 Å². The van der Waals surface area contributed by atoms with Crippen LogP contribution in [0.25, 0.3) is 6.08 Å². The third-order valence-electron chi connectivity index (χ3n) is 3.89. The van der Waals surface area contributed by atoms with Crippen molar-refractivity contribution in [3.05, 3.63) is 51.9 Å². The van der Waals surface area contributed by atoms with Gasteiger partial charge in [0.1, 0.15) is 5.75 Å². The number of fused-ring (bicyclic) bond motifs is 1. The maximum Gasteiger partial charge on any atom is 0.298 e. The minimum Gasteiger partial charge on any atom is -0.496 e. The standard InChI is InChI=1S/C18H12ClNO5S/c1-23-13-8-15-14(24-9-25-15)6-10(13)7-16-17(21)20(18(22)26-16)12-4-2-11(19)3-5-12/h2-8H,9H2,1H3/b16-7+. The van der Waals surface area contributed by atoms with Crippen molar-refractivity contribution in [3.8, 4) is 17.2 Å². The Bertz CT molecular complexity index is 941. The molecule has 0 aromatic heterocycles. The molecule has 132 valence electrons. The molecule has 2 aliphatic heterocycles. The van der Waals surface area contributed by atoms with Crippen molar-refractivity contribution in [2.24, 2.45) is 0 Å². The van der Waals surface area contributed by atoms with Gasteiger partial charge in [0.05, 0.1) is 17.7 Å². The van der Waals surface area contributed by atoms with Crippen LogP contribution >= 0.6 is 23.4 Å². The van der Waals surface area contributed by atoms with Gasteiger partial charge in [0.25, 0.3) is 11.1 Å². The van der Waals surface area contributed by atoms with Gasteiger partial charge in [-0.1, -0.05) is 11.6 Å². The zero-order chi connectivity index (χ0) is 18.3. The third-order valence-corrected chi connectivity index (χ3v) is 5.01. The zero-order valence-corrected chi connectivity index (χ0v) is 15.1. The molecule has 8 heteroatoms. The van der Waals surface area contributed by atoms with E-state index in [9.17, 15) is 9.59 Å². The molecule has 4 rings (SSSR count). The summed E-state index contributed by atoms with van der Waals surface area (Å²) in [4.78, 5) is 26.5. The van der Waals surface area contributed by atoms with Crippen LogP contribution in [0, 0.1) is 0 Å². The van der Waals surface area contributed by atoms with Crippen molar-refractivity contribution < 1.29 is 23.8 Å². The van der Waals surface area contributed by atoms with Crippen LogP contribution in [0.2, 0.25) is 5.02 Å². The largest absolute Gasteiger partial charge is 0.496 e. The molecule has 0 saturated carbocycles. The number of methoxy groups -OCH3 is 1. The van der Waals surface area contributed by atoms with Gasteiger partial charge < -0.3 is 14.2 Å². The average Bonchev–Trinajstić information content (AvgIpc) is 3.19. The number of carbonyl (C=O) groups is 2. The Hall–Kier alpha value is -2.64. The zero-order valence-electron chi connectivity index (χ0n) is 13.5. The Morgan fingerprint density at radius 2 is 1.85 bits per heavy atom. The van der Waals surface area contributed by atoms with Gasteiger partial charge in [0, 0.05) is 16.7 Å². The van der Waals surface area contributed by atoms with E-state index in [0.29, 0.717) is 38.4 Å². The number of carbonyl (C=O) groups excluding carboxylic acids is 2. The number of thioether (sulfide) groups is 1. The fraction of sp³-hybridized carbons (Fsp3) is 0.111. The first-order valence-corrected chi connectivity index (χ1v) is 8.77. The third kappa shape index (κ3) is 2.89. The number of imide groups is 1. The fourth-order valence-corrected chi connectivity index (χ4v) is 3.61. The van der Waals surface area contributed by atoms with Crippen molar-refractivity contribution >= 4 is 46.3 Å². The summed E-state index contributed by atoms with van der Waals surface area (Å²) in [5.74, 6) is 1.26. The molecule has 1 saturated heterocycles. The molecule has 1 fully saturated rings. The number of nitrogens with zero attached hydrogens (tertiary/aromatic N) is 1. The molecule has 0 unspecified atom stereocenters. The molecule has 2 aliphatic rings. The number of hydrogen-bond donors (Lipinski definition) is 0. The lowest BCUT2D eigenvalue weighted by molar-refractivity contribution is -0.113. The van der Waals surface area contributed by atoms with E-state index in [4.69, 9.17) is 25.8 Å². The maximum atomic E-state index is 12.7. The summed E-state index contributed by atoms with van der Waals surface area (Å²) >= 11 is 6.73. The lowest BCUT2D eigenvalue weighted by Gasteiger charge is -2.12. The maximum absolute atomic E-state index is 12.7. The van der Waals surface area contributed by atoms with E-state index in [-0.39, 0.29) is 12.0 Å². The second kappa shape index (κ2) is 6.59. The second-order valence-electron chi connectivity index (χ2n) is 5.44. The summed E-state index contributed by atoms with van der Waals surface area (Å²) in [5, 5.41) is 0.157. The number of amides is 2. The van der Waals surface area contributed by atoms with Crippen LogP contribution in [0.3, 0.4) is 0 Å². The first kappa shape index (κ1) is 16.8. The number of anilines is 1. The van der Waals surface area contributed by atoms with Crippen molar-refractivity contribution in [1.29, 1.82) is 0 Å². The molecule has 26 heavy (non-hydrogen) atoms. The highest BCUT2D eigenvalue weighted by atomic mass is 35.5. The highest BCUT2D eigenvalue weighted by Gasteiger charge is 2.36. The number of hydrogen-bond acceptors (Lipinski definition) is 6. The summed E-state index contributed by atoms with van der Waals surface area (Å²) in [6.45, 7) is 0.134. The summed E-state index contributed by atoms with van der Waals surface area (Å²) in [7, 11) is 1.52. The van der Waals surface area contributed by atoms with Crippen LogP contribution in [-0.4, -0.2) is 25.0 Å². The predicted molar refractivity (Wildman–Crippen MR) is 99.0 cm³/mol. The molecule has 0 radical (unpaired) electrons. The van der Waals surface area contributed by atoms with E-state index in [1.165, 1.54) is 7.11 Å². The van der Waals surface area contributed by atoms with Gasteiger partial charge in [-0.05, 0) is 48.2 Å². The first-order valence-electron chi connectivity index (χ1n) is 7.58. The van der Waals surface area contributed by atoms with Crippen molar-refractivity contribution in [2.45, 2.75) is 0 Å². The van der Waals surface area contributed by atoms with Gasteiger partial charge in [-0.15, -0.1) is 0 Å². The Kier molecular flexibility index (Phi) is 4.26. The monoisotopic (exact) mass is 389 g/mol. The summed E-state index contributed by atoms with van der Waals surface area (Å²) in [6, 6.07) is 9.93. The van der Waals surface area contributed by atoms with E-state index in [2.05, 4.69) is 0 Å². The van der Waals surface area contributed by atoms with Crippen LogP contribution in [0.1, 0.15) is 5.56 Å². The van der Waals surface area contributed by atoms with Gasteiger partial charge in [0.2, 0.25) is 6.79 Å². The summed E-state index contributed by atoms with van der Waals surface area (Å²) in [5.41, 5.74) is 1.09. The van der Waals surface area contributed by atoms with E-state index in [0.717, 1.165) is 16.7 Å². The van der Waals surface area contributed by atoms with Crippen LogP contribution in [-0.2, 0) is 4.79 Å². The van der Waals surface area contributed by atoms with Gasteiger partial charge in [-0.3, -0.25) is 9.59 Å². The molecule has 0 spiro atoms. The van der Waals surface area contributed by atoms with E-state index in [1.54, 1.807) is 42.5 Å². The predicted octanol–water partition coefficient (Wildman–Crippen LogP) is 4.32. The quantitative estimate of drug-likeness (QED) is 0.728. The molecular weight excluding hydrogens is 378 g/mol. The van der Waals surface area contributed by atoms with Crippen LogP contribution in [0.5, 0.6) is 17.2 Å². The topological polar surface area (TPSA) is 65.1 Å². The van der Waals surface area contributed by atoms with Gasteiger partial charge in [-0.25, -0.2) is 4.90 Å². The molecule has 2 amide bonds. The molecular formula is C18H12ClNO5S. The van der Waals surface area contributed by atoms with Crippen LogP contribution < -0.4 is 19.1 Å². The number of halogens is 1. The number of ether oxygens (including phenoxy) is 3. The fourth-order valence-electron chi connectivity index (χ4n) is 2.65. The number of rotatable bonds is 3. The van der Waals surface area contributed by atoms with Crippen molar-refractivity contribution in [2.75, 3.05) is 18.8 Å². The molecule has 6 nitrogen and oxygen atoms in total. The summed E-state index contributed by atoms with van der Waals surface area (Å²) < 4.78 is 16.0. The Balaban J connectivity index is 1.70. The molecule has 2 aromatic rings. The van der Waals surface area contributed by atoms with Crippen LogP contribution in [0.4, 0.5) is 10.5 Å². The second-order valence-corrected chi connectivity index (χ2v) is 6.87. The highest BCUT2D eigenvalue weighted by molar-refractivity contribution is 8.19. The molecule has 0 bridgehead atoms. The smallest absolute Gasteiger partial charge is 0.298 e. The van der Waals surface area contributed by atoms with Gasteiger partial charge >= 0.3 is 0 Å². The lowest BCUT2D eigenvalue weighted by atomic mass is 10.1. The minimum absolute atomic E-state index is 0.134. The molecule has 0 aliphatic carbocycles.